The van der Waals surface area contributed by atoms with Gasteiger partial charge in [-0.15, -0.1) is 11.3 Å². The summed E-state index contributed by atoms with van der Waals surface area (Å²) >= 11 is 1.37. The molecule has 1 atom stereocenters. The van der Waals surface area contributed by atoms with E-state index in [-0.39, 0.29) is 5.41 Å². The normalized spacial score (nSPS) is 17.2. The van der Waals surface area contributed by atoms with Crippen LogP contribution in [0.2, 0.25) is 0 Å². The van der Waals surface area contributed by atoms with E-state index in [4.69, 9.17) is 9.84 Å². The second-order valence-electron chi connectivity index (χ2n) is 7.17. The fraction of sp³-hybridized carbons (Fsp3) is 0.500. The molecule has 6 nitrogen and oxygen atoms in total. The average molecular weight is 365 g/mol. The number of esters is 1. The van der Waals surface area contributed by atoms with Crippen molar-refractivity contribution in [1.29, 1.82) is 0 Å². The lowest BCUT2D eigenvalue weighted by molar-refractivity contribution is -0.131. The standard InChI is InChI=1S/C18H23NO5S/c1-18(2,3)10-5-6-11-12(9-10)25-16(15(11)17(23)24-4)19-13(20)7-8-14(21)22/h7-8,10H,5-6,9H2,1-4H3,(H,19,20)(H,21,22)/b8-7+/t10-/m0/s1. The van der Waals surface area contributed by atoms with Crippen LogP contribution in [0.5, 0.6) is 0 Å². The molecule has 25 heavy (non-hydrogen) atoms. The molecular weight excluding hydrogens is 342 g/mol. The molecule has 1 aliphatic rings. The Morgan fingerprint density at radius 3 is 2.52 bits per heavy atom. The first kappa shape index (κ1) is 19.2. The SMILES string of the molecule is COC(=O)c1c(NC(=O)/C=C/C(=O)O)sc2c1CC[C@H](C(C)(C)C)C2. The van der Waals surface area contributed by atoms with Gasteiger partial charge >= 0.3 is 11.9 Å². The third-order valence-corrected chi connectivity index (χ3v) is 5.66. The van der Waals surface area contributed by atoms with Gasteiger partial charge in [0, 0.05) is 17.0 Å². The lowest BCUT2D eigenvalue weighted by Gasteiger charge is -2.33. The summed E-state index contributed by atoms with van der Waals surface area (Å²) in [6.45, 7) is 6.62. The molecule has 7 heteroatoms. The Hall–Kier alpha value is -2.15. The van der Waals surface area contributed by atoms with Crippen LogP contribution in [0.15, 0.2) is 12.2 Å². The highest BCUT2D eigenvalue weighted by Crippen LogP contribution is 2.44. The smallest absolute Gasteiger partial charge is 0.341 e. The van der Waals surface area contributed by atoms with Crippen molar-refractivity contribution in [2.75, 3.05) is 12.4 Å². The van der Waals surface area contributed by atoms with Crippen molar-refractivity contribution in [2.45, 2.75) is 40.0 Å². The number of methoxy groups -OCH3 is 1. The van der Waals surface area contributed by atoms with Crippen LogP contribution in [0.1, 0.15) is 48.0 Å². The van der Waals surface area contributed by atoms with Gasteiger partial charge in [-0.2, -0.15) is 0 Å². The zero-order valence-electron chi connectivity index (χ0n) is 14.8. The maximum Gasteiger partial charge on any atom is 0.341 e. The summed E-state index contributed by atoms with van der Waals surface area (Å²) in [6.07, 6.45) is 4.28. The maximum absolute atomic E-state index is 12.2. The highest BCUT2D eigenvalue weighted by atomic mass is 32.1. The van der Waals surface area contributed by atoms with Gasteiger partial charge in [0.25, 0.3) is 0 Å². The van der Waals surface area contributed by atoms with Crippen molar-refractivity contribution in [3.05, 3.63) is 28.2 Å². The Balaban J connectivity index is 2.34. The Bertz CT molecular complexity index is 727. The number of aliphatic carboxylic acids is 1. The molecule has 0 spiro atoms. The summed E-state index contributed by atoms with van der Waals surface area (Å²) in [5.41, 5.74) is 1.50. The number of anilines is 1. The monoisotopic (exact) mass is 365 g/mol. The minimum Gasteiger partial charge on any atom is -0.478 e. The molecule has 0 aromatic carbocycles. The number of rotatable bonds is 4. The third-order valence-electron chi connectivity index (χ3n) is 4.49. The fourth-order valence-electron chi connectivity index (χ4n) is 3.03. The van der Waals surface area contributed by atoms with E-state index in [0.29, 0.717) is 16.5 Å². The molecule has 2 rings (SSSR count). The molecule has 0 bridgehead atoms. The van der Waals surface area contributed by atoms with Gasteiger partial charge in [0.2, 0.25) is 5.91 Å². The van der Waals surface area contributed by atoms with Crippen LogP contribution in [-0.2, 0) is 27.2 Å². The van der Waals surface area contributed by atoms with E-state index in [9.17, 15) is 14.4 Å². The molecule has 0 unspecified atom stereocenters. The van der Waals surface area contributed by atoms with Gasteiger partial charge in [0.15, 0.2) is 0 Å². The fourth-order valence-corrected chi connectivity index (χ4v) is 4.35. The molecule has 0 fully saturated rings. The summed E-state index contributed by atoms with van der Waals surface area (Å²) in [5, 5.41) is 11.7. The lowest BCUT2D eigenvalue weighted by atomic mass is 9.72. The molecule has 1 heterocycles. The summed E-state index contributed by atoms with van der Waals surface area (Å²) < 4.78 is 4.88. The molecule has 1 amide bonds. The number of amides is 1. The number of nitrogens with one attached hydrogen (secondary N) is 1. The van der Waals surface area contributed by atoms with Crippen LogP contribution in [0, 0.1) is 11.3 Å². The largest absolute Gasteiger partial charge is 0.478 e. The van der Waals surface area contributed by atoms with Crippen LogP contribution in [0.3, 0.4) is 0 Å². The molecule has 1 aromatic heterocycles. The molecule has 2 N–H and O–H groups in total. The van der Waals surface area contributed by atoms with Crippen LogP contribution in [-0.4, -0.2) is 30.1 Å². The number of carboxylic acid groups (broad SMARTS) is 1. The Morgan fingerprint density at radius 1 is 1.28 bits per heavy atom. The predicted molar refractivity (Wildman–Crippen MR) is 96.0 cm³/mol. The van der Waals surface area contributed by atoms with Crippen molar-refractivity contribution in [3.63, 3.8) is 0 Å². The van der Waals surface area contributed by atoms with E-state index in [1.807, 2.05) is 0 Å². The number of ether oxygens (including phenoxy) is 1. The maximum atomic E-state index is 12.2. The van der Waals surface area contributed by atoms with Crippen LogP contribution in [0.4, 0.5) is 5.00 Å². The predicted octanol–water partition coefficient (Wildman–Crippen LogP) is 3.27. The first-order chi connectivity index (χ1) is 11.6. The van der Waals surface area contributed by atoms with Gasteiger partial charge in [-0.05, 0) is 36.2 Å². The number of carboxylic acids is 1. The highest BCUT2D eigenvalue weighted by molar-refractivity contribution is 7.17. The van der Waals surface area contributed by atoms with Gasteiger partial charge in [-0.25, -0.2) is 9.59 Å². The number of carbonyl (C=O) groups is 3. The van der Waals surface area contributed by atoms with Crippen molar-refractivity contribution in [1.82, 2.24) is 0 Å². The van der Waals surface area contributed by atoms with Gasteiger partial charge in [0.1, 0.15) is 5.00 Å². The zero-order chi connectivity index (χ0) is 18.8. The molecule has 1 aliphatic carbocycles. The average Bonchev–Trinajstić information content (AvgIpc) is 2.88. The second kappa shape index (κ2) is 7.39. The molecule has 1 aromatic rings. The topological polar surface area (TPSA) is 92.7 Å². The van der Waals surface area contributed by atoms with Gasteiger partial charge in [-0.1, -0.05) is 20.8 Å². The van der Waals surface area contributed by atoms with Crippen molar-refractivity contribution in [2.24, 2.45) is 11.3 Å². The minimum atomic E-state index is -1.21. The molecule has 0 saturated carbocycles. The number of fused-ring (bicyclic) bond motifs is 1. The molecule has 0 saturated heterocycles. The van der Waals surface area contributed by atoms with Crippen LogP contribution < -0.4 is 5.32 Å². The first-order valence-electron chi connectivity index (χ1n) is 8.08. The van der Waals surface area contributed by atoms with E-state index >= 15 is 0 Å². The van der Waals surface area contributed by atoms with Crippen LogP contribution >= 0.6 is 11.3 Å². The van der Waals surface area contributed by atoms with E-state index in [0.717, 1.165) is 41.9 Å². The molecule has 0 aliphatic heterocycles. The summed E-state index contributed by atoms with van der Waals surface area (Å²) in [7, 11) is 1.31. The van der Waals surface area contributed by atoms with Gasteiger partial charge in [-0.3, -0.25) is 4.79 Å². The van der Waals surface area contributed by atoms with E-state index < -0.39 is 17.8 Å². The van der Waals surface area contributed by atoms with Crippen molar-refractivity contribution in [3.8, 4) is 0 Å². The van der Waals surface area contributed by atoms with E-state index in [2.05, 4.69) is 26.1 Å². The van der Waals surface area contributed by atoms with E-state index in [1.165, 1.54) is 18.4 Å². The Kier molecular flexibility index (Phi) is 5.67. The third kappa shape index (κ3) is 4.48. The molecule has 0 radical (unpaired) electrons. The highest BCUT2D eigenvalue weighted by Gasteiger charge is 2.34. The van der Waals surface area contributed by atoms with Crippen LogP contribution in [0.25, 0.3) is 0 Å². The summed E-state index contributed by atoms with van der Waals surface area (Å²) in [5.74, 6) is -1.77. The number of hydrogen-bond donors (Lipinski definition) is 2. The number of hydrogen-bond acceptors (Lipinski definition) is 5. The quantitative estimate of drug-likeness (QED) is 0.631. The van der Waals surface area contributed by atoms with Gasteiger partial charge in [0.05, 0.1) is 12.7 Å². The van der Waals surface area contributed by atoms with Gasteiger partial charge < -0.3 is 15.2 Å². The first-order valence-corrected chi connectivity index (χ1v) is 8.90. The second-order valence-corrected chi connectivity index (χ2v) is 8.27. The molecule has 136 valence electrons. The lowest BCUT2D eigenvalue weighted by Crippen LogP contribution is -2.26. The summed E-state index contributed by atoms with van der Waals surface area (Å²) in [6, 6.07) is 0. The zero-order valence-corrected chi connectivity index (χ0v) is 15.7. The minimum absolute atomic E-state index is 0.167. The van der Waals surface area contributed by atoms with E-state index in [1.54, 1.807) is 0 Å². The Morgan fingerprint density at radius 2 is 1.96 bits per heavy atom. The number of carbonyl (C=O) groups excluding carboxylic acids is 2. The summed E-state index contributed by atoms with van der Waals surface area (Å²) in [4.78, 5) is 35.7. The van der Waals surface area contributed by atoms with Crippen molar-refractivity contribution >= 4 is 34.2 Å². The molecular formula is C18H23NO5S. The Labute approximate surface area is 150 Å². The number of thiophene rings is 1. The van der Waals surface area contributed by atoms with Crippen molar-refractivity contribution < 1.29 is 24.2 Å².